The van der Waals surface area contributed by atoms with Gasteiger partial charge in [0.15, 0.2) is 0 Å². The number of carbonyl (C=O) groups is 1. The molecule has 0 spiro atoms. The smallest absolute Gasteiger partial charge is 0.254 e. The third-order valence-corrected chi connectivity index (χ3v) is 7.61. The number of carbonyl (C=O) groups excluding carboxylic acids is 1. The van der Waals surface area contributed by atoms with Crippen LogP contribution in [0.15, 0.2) is 48.5 Å². The van der Waals surface area contributed by atoms with Crippen LogP contribution >= 0.6 is 15.9 Å². The molecule has 0 radical (unpaired) electrons. The van der Waals surface area contributed by atoms with E-state index in [1.165, 1.54) is 12.1 Å². The van der Waals surface area contributed by atoms with Gasteiger partial charge >= 0.3 is 0 Å². The van der Waals surface area contributed by atoms with E-state index >= 15 is 0 Å². The van der Waals surface area contributed by atoms with Gasteiger partial charge in [0.2, 0.25) is 0 Å². The number of rotatable bonds is 5. The molecule has 0 bridgehead atoms. The molecular weight excluding hydrogens is 484 g/mol. The average molecular weight is 510 g/mol. The molecule has 1 aliphatic carbocycles. The fourth-order valence-corrected chi connectivity index (χ4v) is 5.49. The maximum Gasteiger partial charge on any atom is 0.254 e. The Morgan fingerprint density at radius 2 is 1.73 bits per heavy atom. The molecule has 2 aliphatic rings. The quantitative estimate of drug-likeness (QED) is 0.330. The summed E-state index contributed by atoms with van der Waals surface area (Å²) in [5.41, 5.74) is 7.22. The van der Waals surface area contributed by atoms with Crippen molar-refractivity contribution in [1.29, 1.82) is 0 Å². The normalized spacial score (nSPS) is 16.6. The fourth-order valence-electron chi connectivity index (χ4n) is 5.16. The predicted molar refractivity (Wildman–Crippen MR) is 131 cm³/mol. The molecule has 2 nitrogen and oxygen atoms in total. The van der Waals surface area contributed by atoms with E-state index in [-0.39, 0.29) is 23.6 Å². The maximum absolute atomic E-state index is 13.9. The minimum Gasteiger partial charge on any atom is -0.331 e. The van der Waals surface area contributed by atoms with Gasteiger partial charge in [-0.05, 0) is 108 Å². The van der Waals surface area contributed by atoms with Crippen molar-refractivity contribution in [1.82, 2.24) is 4.90 Å². The van der Waals surface area contributed by atoms with Crippen molar-refractivity contribution in [2.75, 3.05) is 6.54 Å². The van der Waals surface area contributed by atoms with Gasteiger partial charge in [0.1, 0.15) is 11.6 Å². The lowest BCUT2D eigenvalue weighted by Gasteiger charge is -2.37. The second-order valence-corrected chi connectivity index (χ2v) is 9.86. The van der Waals surface area contributed by atoms with Crippen LogP contribution in [0.3, 0.4) is 0 Å². The Labute approximate surface area is 201 Å². The lowest BCUT2D eigenvalue weighted by Crippen LogP contribution is -2.41. The van der Waals surface area contributed by atoms with Crippen molar-refractivity contribution in [3.63, 3.8) is 0 Å². The van der Waals surface area contributed by atoms with Crippen molar-refractivity contribution in [3.8, 4) is 11.1 Å². The highest BCUT2D eigenvalue weighted by Gasteiger charge is 2.41. The van der Waals surface area contributed by atoms with Crippen molar-refractivity contribution in [2.24, 2.45) is 5.92 Å². The summed E-state index contributed by atoms with van der Waals surface area (Å²) in [4.78, 5) is 15.9. The van der Waals surface area contributed by atoms with Gasteiger partial charge in [-0.1, -0.05) is 34.1 Å². The van der Waals surface area contributed by atoms with Crippen LogP contribution in [0.1, 0.15) is 57.1 Å². The molecule has 0 aromatic heterocycles. The maximum atomic E-state index is 13.9. The molecule has 1 heterocycles. The van der Waals surface area contributed by atoms with E-state index in [0.29, 0.717) is 23.4 Å². The standard InChI is InChI=1S/C28H26BrF2NO/c1-16-12-21(30)6-7-22(16)24-13-18(15-29)14-25-23(24)9-10-32(28(25)33)27(19-3-4-19)20-5-8-26(31)17(2)11-20/h5-8,11-14,19,27H,3-4,9-10,15H2,1-2H3. The van der Waals surface area contributed by atoms with E-state index in [2.05, 4.69) is 22.0 Å². The van der Waals surface area contributed by atoms with Crippen molar-refractivity contribution in [3.05, 3.63) is 93.5 Å². The Morgan fingerprint density at radius 1 is 0.970 bits per heavy atom. The first-order chi connectivity index (χ1) is 15.9. The Bertz CT molecular complexity index is 1250. The third-order valence-electron chi connectivity index (χ3n) is 6.96. The summed E-state index contributed by atoms with van der Waals surface area (Å²) in [7, 11) is 0. The molecule has 1 aliphatic heterocycles. The number of alkyl halides is 1. The summed E-state index contributed by atoms with van der Waals surface area (Å²) < 4.78 is 27.7. The molecule has 3 aromatic carbocycles. The number of halogens is 3. The van der Waals surface area contributed by atoms with Crippen LogP contribution in [0, 0.1) is 31.4 Å². The number of aryl methyl sites for hydroxylation is 2. The summed E-state index contributed by atoms with van der Waals surface area (Å²) in [5.74, 6) is -0.0340. The zero-order valence-corrected chi connectivity index (χ0v) is 20.4. The van der Waals surface area contributed by atoms with E-state index in [1.54, 1.807) is 13.0 Å². The first-order valence-electron chi connectivity index (χ1n) is 11.4. The van der Waals surface area contributed by atoms with Crippen LogP contribution in [0.25, 0.3) is 11.1 Å². The van der Waals surface area contributed by atoms with Gasteiger partial charge in [0, 0.05) is 17.4 Å². The van der Waals surface area contributed by atoms with Gasteiger partial charge in [-0.15, -0.1) is 0 Å². The number of hydrogen-bond donors (Lipinski definition) is 0. The number of fused-ring (bicyclic) bond motifs is 1. The van der Waals surface area contributed by atoms with Crippen LogP contribution in [0.5, 0.6) is 0 Å². The topological polar surface area (TPSA) is 20.3 Å². The van der Waals surface area contributed by atoms with Gasteiger partial charge in [0.05, 0.1) is 6.04 Å². The van der Waals surface area contributed by atoms with Gasteiger partial charge in [0.25, 0.3) is 5.91 Å². The average Bonchev–Trinajstić information content (AvgIpc) is 3.63. The summed E-state index contributed by atoms with van der Waals surface area (Å²) in [6, 6.07) is 14.1. The second kappa shape index (κ2) is 8.68. The molecule has 1 amide bonds. The number of nitrogens with zero attached hydrogens (tertiary/aromatic N) is 1. The molecular formula is C28H26BrF2NO. The first-order valence-corrected chi connectivity index (χ1v) is 12.5. The van der Waals surface area contributed by atoms with E-state index < -0.39 is 0 Å². The molecule has 1 atom stereocenters. The zero-order chi connectivity index (χ0) is 23.3. The fraction of sp³-hybridized carbons (Fsp3) is 0.321. The molecule has 0 saturated heterocycles. The monoisotopic (exact) mass is 509 g/mol. The zero-order valence-electron chi connectivity index (χ0n) is 18.8. The Balaban J connectivity index is 1.59. The van der Waals surface area contributed by atoms with E-state index in [9.17, 15) is 13.6 Å². The molecule has 5 rings (SSSR count). The Kier molecular flexibility index (Phi) is 5.86. The summed E-state index contributed by atoms with van der Waals surface area (Å²) >= 11 is 3.55. The van der Waals surface area contributed by atoms with Gasteiger partial charge in [-0.3, -0.25) is 4.79 Å². The molecule has 1 unspecified atom stereocenters. The predicted octanol–water partition coefficient (Wildman–Crippen LogP) is 7.29. The van der Waals surface area contributed by atoms with Crippen molar-refractivity contribution >= 4 is 21.8 Å². The number of hydrogen-bond acceptors (Lipinski definition) is 1. The molecule has 1 fully saturated rings. The van der Waals surface area contributed by atoms with E-state index in [1.807, 2.05) is 36.1 Å². The van der Waals surface area contributed by atoms with E-state index in [4.69, 9.17) is 0 Å². The summed E-state index contributed by atoms with van der Waals surface area (Å²) in [6.45, 7) is 4.29. The van der Waals surface area contributed by atoms with Gasteiger partial charge in [-0.2, -0.15) is 0 Å². The van der Waals surface area contributed by atoms with Crippen LogP contribution in [-0.4, -0.2) is 17.4 Å². The highest BCUT2D eigenvalue weighted by atomic mass is 79.9. The molecule has 3 aromatic rings. The molecule has 0 N–H and O–H groups in total. The molecule has 33 heavy (non-hydrogen) atoms. The Morgan fingerprint density at radius 3 is 2.39 bits per heavy atom. The lowest BCUT2D eigenvalue weighted by atomic mass is 9.86. The van der Waals surface area contributed by atoms with Gasteiger partial charge in [-0.25, -0.2) is 8.78 Å². The first kappa shape index (κ1) is 22.3. The minimum absolute atomic E-state index is 0.0268. The highest BCUT2D eigenvalue weighted by molar-refractivity contribution is 9.08. The van der Waals surface area contributed by atoms with Gasteiger partial charge < -0.3 is 4.90 Å². The molecule has 1 saturated carbocycles. The van der Waals surface area contributed by atoms with E-state index in [0.717, 1.165) is 58.2 Å². The van der Waals surface area contributed by atoms with Crippen LogP contribution in [0.2, 0.25) is 0 Å². The SMILES string of the molecule is Cc1cc(C(C2CC2)N2CCc3c(cc(CBr)cc3-c3ccc(F)cc3C)C2=O)ccc1F. The van der Waals surface area contributed by atoms with Crippen LogP contribution in [0.4, 0.5) is 8.78 Å². The highest BCUT2D eigenvalue weighted by Crippen LogP contribution is 2.47. The molecule has 170 valence electrons. The summed E-state index contributed by atoms with van der Waals surface area (Å²) in [6.07, 6.45) is 2.90. The third kappa shape index (κ3) is 4.12. The van der Waals surface area contributed by atoms with Crippen LogP contribution < -0.4 is 0 Å². The second-order valence-electron chi connectivity index (χ2n) is 9.30. The largest absolute Gasteiger partial charge is 0.331 e. The minimum atomic E-state index is -0.258. The van der Waals surface area contributed by atoms with Crippen LogP contribution in [-0.2, 0) is 11.8 Å². The lowest BCUT2D eigenvalue weighted by molar-refractivity contribution is 0.0632. The van der Waals surface area contributed by atoms with Crippen molar-refractivity contribution in [2.45, 2.75) is 44.5 Å². The number of benzene rings is 3. The molecule has 5 heteroatoms. The number of amides is 1. The summed E-state index contributed by atoms with van der Waals surface area (Å²) in [5, 5.41) is 0.629. The van der Waals surface area contributed by atoms with Crippen molar-refractivity contribution < 1.29 is 13.6 Å². The Hall–Kier alpha value is -2.53.